The van der Waals surface area contributed by atoms with Crippen molar-refractivity contribution in [1.82, 2.24) is 9.78 Å². The second-order valence-electron chi connectivity index (χ2n) is 5.68. The largest absolute Gasteiger partial charge is 0.369 e. The summed E-state index contributed by atoms with van der Waals surface area (Å²) >= 11 is 12.4. The van der Waals surface area contributed by atoms with Gasteiger partial charge in [-0.25, -0.2) is 4.68 Å². The van der Waals surface area contributed by atoms with Crippen LogP contribution in [-0.2, 0) is 6.42 Å². The van der Waals surface area contributed by atoms with Crippen LogP contribution in [0.3, 0.4) is 0 Å². The molecule has 0 fully saturated rings. The number of fused-ring (bicyclic) bond motifs is 1. The molecule has 2 heterocycles. The normalized spacial score (nSPS) is 13.0. The van der Waals surface area contributed by atoms with Gasteiger partial charge in [-0.05, 0) is 37.1 Å². The molecule has 0 unspecified atom stereocenters. The van der Waals surface area contributed by atoms with Crippen molar-refractivity contribution in [2.45, 2.75) is 13.3 Å². The minimum Gasteiger partial charge on any atom is -0.369 e. The highest BCUT2D eigenvalue weighted by molar-refractivity contribution is 6.35. The first kappa shape index (κ1) is 14.6. The molecule has 0 saturated carbocycles. The van der Waals surface area contributed by atoms with Crippen LogP contribution in [0.5, 0.6) is 0 Å². The first-order valence-electron chi connectivity index (χ1n) is 7.52. The Morgan fingerprint density at radius 3 is 2.74 bits per heavy atom. The fourth-order valence-electron chi connectivity index (χ4n) is 3.06. The van der Waals surface area contributed by atoms with Gasteiger partial charge in [0, 0.05) is 22.7 Å². The Hall–Kier alpha value is -1.97. The average molecular weight is 344 g/mol. The molecule has 1 aliphatic rings. The first-order chi connectivity index (χ1) is 11.1. The van der Waals surface area contributed by atoms with Crippen molar-refractivity contribution in [3.05, 3.63) is 63.6 Å². The molecule has 1 N–H and O–H groups in total. The Labute approximate surface area is 144 Å². The van der Waals surface area contributed by atoms with Crippen LogP contribution in [0.4, 0.5) is 5.82 Å². The number of hydrogen-bond acceptors (Lipinski definition) is 2. The van der Waals surface area contributed by atoms with E-state index >= 15 is 0 Å². The highest BCUT2D eigenvalue weighted by Gasteiger charge is 2.25. The van der Waals surface area contributed by atoms with E-state index in [4.69, 9.17) is 28.3 Å². The van der Waals surface area contributed by atoms with E-state index < -0.39 is 0 Å². The number of nitrogens with one attached hydrogen (secondary N) is 1. The lowest BCUT2D eigenvalue weighted by atomic mass is 10.0. The monoisotopic (exact) mass is 343 g/mol. The Bertz CT molecular complexity index is 899. The summed E-state index contributed by atoms with van der Waals surface area (Å²) in [5.41, 5.74) is 5.48. The summed E-state index contributed by atoms with van der Waals surface area (Å²) in [6.45, 7) is 3.02. The van der Waals surface area contributed by atoms with E-state index in [0.717, 1.165) is 35.7 Å². The molecule has 3 aromatic rings. The summed E-state index contributed by atoms with van der Waals surface area (Å²) in [4.78, 5) is 0. The second kappa shape index (κ2) is 5.59. The van der Waals surface area contributed by atoms with E-state index in [2.05, 4.69) is 24.4 Å². The molecule has 2 aromatic carbocycles. The molecule has 1 aromatic heterocycles. The van der Waals surface area contributed by atoms with Gasteiger partial charge in [-0.1, -0.05) is 47.5 Å². The maximum Gasteiger partial charge on any atom is 0.133 e. The van der Waals surface area contributed by atoms with Gasteiger partial charge in [0.2, 0.25) is 0 Å². The Kier molecular flexibility index (Phi) is 3.55. The van der Waals surface area contributed by atoms with Crippen molar-refractivity contribution >= 4 is 29.0 Å². The Morgan fingerprint density at radius 1 is 1.13 bits per heavy atom. The molecule has 0 bridgehead atoms. The van der Waals surface area contributed by atoms with Gasteiger partial charge in [0.25, 0.3) is 0 Å². The van der Waals surface area contributed by atoms with Crippen LogP contribution in [-0.4, -0.2) is 16.3 Å². The maximum atomic E-state index is 6.38. The quantitative estimate of drug-likeness (QED) is 0.699. The van der Waals surface area contributed by atoms with Crippen LogP contribution in [0.2, 0.25) is 10.0 Å². The Balaban J connectivity index is 1.94. The summed E-state index contributed by atoms with van der Waals surface area (Å²) < 4.78 is 1.89. The zero-order valence-corrected chi connectivity index (χ0v) is 14.1. The van der Waals surface area contributed by atoms with E-state index in [1.807, 2.05) is 28.9 Å². The van der Waals surface area contributed by atoms with Crippen molar-refractivity contribution in [2.24, 2.45) is 0 Å². The zero-order chi connectivity index (χ0) is 16.0. The summed E-state index contributed by atoms with van der Waals surface area (Å²) in [5.74, 6) is 1.02. The van der Waals surface area contributed by atoms with E-state index in [1.165, 1.54) is 11.1 Å². The van der Waals surface area contributed by atoms with Crippen LogP contribution in [0.15, 0.2) is 42.5 Å². The molecule has 1 aliphatic heterocycles. The summed E-state index contributed by atoms with van der Waals surface area (Å²) in [6.07, 6.45) is 0.963. The number of aryl methyl sites for hydroxylation is 1. The van der Waals surface area contributed by atoms with Crippen molar-refractivity contribution in [2.75, 3.05) is 11.9 Å². The van der Waals surface area contributed by atoms with Gasteiger partial charge >= 0.3 is 0 Å². The third-order valence-corrected chi connectivity index (χ3v) is 4.73. The lowest BCUT2D eigenvalue weighted by molar-refractivity contribution is 0.882. The van der Waals surface area contributed by atoms with Gasteiger partial charge in [-0.3, -0.25) is 0 Å². The van der Waals surface area contributed by atoms with Crippen LogP contribution in [0.1, 0.15) is 11.1 Å². The molecule has 0 atom stereocenters. The summed E-state index contributed by atoms with van der Waals surface area (Å²) in [7, 11) is 0. The van der Waals surface area contributed by atoms with Gasteiger partial charge in [0.15, 0.2) is 0 Å². The molecule has 0 amide bonds. The smallest absolute Gasteiger partial charge is 0.133 e. The number of aromatic nitrogens is 2. The minimum absolute atomic E-state index is 0.591. The highest BCUT2D eigenvalue weighted by atomic mass is 35.5. The summed E-state index contributed by atoms with van der Waals surface area (Å²) in [5, 5.41) is 9.49. The molecule has 116 valence electrons. The maximum absolute atomic E-state index is 6.38. The van der Waals surface area contributed by atoms with E-state index in [9.17, 15) is 0 Å². The number of hydrogen-bond donors (Lipinski definition) is 1. The van der Waals surface area contributed by atoms with Crippen molar-refractivity contribution < 1.29 is 0 Å². The molecule has 5 heteroatoms. The van der Waals surface area contributed by atoms with Crippen LogP contribution < -0.4 is 5.32 Å². The predicted octanol–water partition coefficient (Wildman–Crippen LogP) is 5.12. The molecular weight excluding hydrogens is 329 g/mol. The molecule has 3 nitrogen and oxygen atoms in total. The molecule has 23 heavy (non-hydrogen) atoms. The number of benzene rings is 2. The van der Waals surface area contributed by atoms with Crippen molar-refractivity contribution in [1.29, 1.82) is 0 Å². The lowest BCUT2D eigenvalue weighted by Gasteiger charge is -2.09. The molecule has 0 spiro atoms. The number of nitrogens with zero attached hydrogens (tertiary/aromatic N) is 2. The van der Waals surface area contributed by atoms with E-state index in [1.54, 1.807) is 6.07 Å². The molecule has 4 rings (SSSR count). The van der Waals surface area contributed by atoms with Gasteiger partial charge in [-0.15, -0.1) is 0 Å². The van der Waals surface area contributed by atoms with Crippen LogP contribution in [0, 0.1) is 6.92 Å². The van der Waals surface area contributed by atoms with Crippen LogP contribution >= 0.6 is 23.2 Å². The van der Waals surface area contributed by atoms with E-state index in [-0.39, 0.29) is 0 Å². The highest BCUT2D eigenvalue weighted by Crippen LogP contribution is 2.37. The third-order valence-electron chi connectivity index (χ3n) is 4.19. The molecule has 0 aliphatic carbocycles. The van der Waals surface area contributed by atoms with Gasteiger partial charge in [-0.2, -0.15) is 5.10 Å². The zero-order valence-electron chi connectivity index (χ0n) is 12.6. The fourth-order valence-corrected chi connectivity index (χ4v) is 3.55. The number of rotatable bonds is 2. The minimum atomic E-state index is 0.591. The van der Waals surface area contributed by atoms with E-state index in [0.29, 0.717) is 10.0 Å². The SMILES string of the molecule is Cc1ccccc1-c1nn(-c2ccc(Cl)cc2Cl)c2c1CCN2. The lowest BCUT2D eigenvalue weighted by Crippen LogP contribution is -2.05. The molecule has 0 saturated heterocycles. The predicted molar refractivity (Wildman–Crippen MR) is 96.0 cm³/mol. The number of halogens is 2. The van der Waals surface area contributed by atoms with Crippen molar-refractivity contribution in [3.63, 3.8) is 0 Å². The topological polar surface area (TPSA) is 29.9 Å². The first-order valence-corrected chi connectivity index (χ1v) is 8.28. The number of anilines is 1. The Morgan fingerprint density at radius 2 is 1.96 bits per heavy atom. The van der Waals surface area contributed by atoms with Gasteiger partial charge in [0.1, 0.15) is 5.82 Å². The van der Waals surface area contributed by atoms with Crippen molar-refractivity contribution in [3.8, 4) is 16.9 Å². The third kappa shape index (κ3) is 2.41. The fraction of sp³-hybridized carbons (Fsp3) is 0.167. The standard InChI is InChI=1S/C18H15Cl2N3/c1-11-4-2-3-5-13(11)17-14-8-9-21-18(14)23(22-17)16-7-6-12(19)10-15(16)20/h2-7,10,21H,8-9H2,1H3. The molecule has 0 radical (unpaired) electrons. The second-order valence-corrected chi connectivity index (χ2v) is 6.52. The summed E-state index contributed by atoms with van der Waals surface area (Å²) in [6, 6.07) is 13.8. The van der Waals surface area contributed by atoms with Crippen LogP contribution in [0.25, 0.3) is 16.9 Å². The van der Waals surface area contributed by atoms with Gasteiger partial charge < -0.3 is 5.32 Å². The van der Waals surface area contributed by atoms with Gasteiger partial charge in [0.05, 0.1) is 16.4 Å². The average Bonchev–Trinajstić information content (AvgIpc) is 3.11. The molecular formula is C18H15Cl2N3.